The molecule has 4 atom stereocenters. The number of hydrogen-bond acceptors (Lipinski definition) is 4. The first-order chi connectivity index (χ1) is 16.0. The minimum absolute atomic E-state index is 0.000467. The maximum atomic E-state index is 13.0. The molecule has 3 aliphatic rings. The van der Waals surface area contributed by atoms with Crippen LogP contribution < -0.4 is 5.32 Å². The zero-order valence-corrected chi connectivity index (χ0v) is 18.6. The van der Waals surface area contributed by atoms with Gasteiger partial charge in [-0.3, -0.25) is 9.59 Å². The van der Waals surface area contributed by atoms with Crippen LogP contribution in [0.5, 0.6) is 0 Å². The van der Waals surface area contributed by atoms with E-state index in [-0.39, 0.29) is 37.1 Å². The second-order valence-corrected chi connectivity index (χ2v) is 9.33. The zero-order valence-electron chi connectivity index (χ0n) is 18.6. The summed E-state index contributed by atoms with van der Waals surface area (Å²) in [5, 5.41) is 12.1. The van der Waals surface area contributed by atoms with Gasteiger partial charge in [0.2, 0.25) is 5.91 Å². The van der Waals surface area contributed by atoms with Gasteiger partial charge in [-0.2, -0.15) is 0 Å². The molecule has 5 rings (SSSR count). The number of aliphatic carboxylic acids is 1. The van der Waals surface area contributed by atoms with Crippen LogP contribution in [0.15, 0.2) is 48.5 Å². The summed E-state index contributed by atoms with van der Waals surface area (Å²) in [7, 11) is 0. The molecule has 33 heavy (non-hydrogen) atoms. The van der Waals surface area contributed by atoms with Crippen molar-refractivity contribution < 1.29 is 24.2 Å². The van der Waals surface area contributed by atoms with Gasteiger partial charge in [0.25, 0.3) is 0 Å². The van der Waals surface area contributed by atoms with Gasteiger partial charge in [-0.1, -0.05) is 55.5 Å². The number of alkyl carbamates (subject to hydrolysis) is 1. The number of carboxylic acids is 1. The summed E-state index contributed by atoms with van der Waals surface area (Å²) in [6.07, 6.45) is 1.56. The summed E-state index contributed by atoms with van der Waals surface area (Å²) in [6.45, 7) is 2.14. The van der Waals surface area contributed by atoms with Crippen LogP contribution in [0, 0.1) is 11.8 Å². The first-order valence-corrected chi connectivity index (χ1v) is 11.6. The van der Waals surface area contributed by atoms with Crippen LogP contribution in [0.1, 0.15) is 43.2 Å². The number of carbonyl (C=O) groups is 3. The quantitative estimate of drug-likeness (QED) is 0.704. The number of hydrogen-bond donors (Lipinski definition) is 2. The van der Waals surface area contributed by atoms with E-state index in [4.69, 9.17) is 4.74 Å². The number of nitrogens with one attached hydrogen (secondary N) is 1. The van der Waals surface area contributed by atoms with Crippen LogP contribution in [0.25, 0.3) is 11.1 Å². The predicted molar refractivity (Wildman–Crippen MR) is 122 cm³/mol. The smallest absolute Gasteiger partial charge is 0.407 e. The predicted octanol–water partition coefficient (Wildman–Crippen LogP) is 3.63. The number of amides is 2. The molecule has 0 saturated carbocycles. The summed E-state index contributed by atoms with van der Waals surface area (Å²) in [5.74, 6) is -1.86. The lowest BCUT2D eigenvalue weighted by molar-refractivity contribution is -0.143. The molecule has 2 fully saturated rings. The Morgan fingerprint density at radius 3 is 2.30 bits per heavy atom. The third-order valence-electron chi connectivity index (χ3n) is 7.43. The molecule has 1 unspecified atom stereocenters. The molecular weight excluding hydrogens is 420 g/mol. The van der Waals surface area contributed by atoms with Gasteiger partial charge in [0.1, 0.15) is 6.61 Å². The Labute approximate surface area is 192 Å². The van der Waals surface area contributed by atoms with Crippen LogP contribution in [0.3, 0.4) is 0 Å². The van der Waals surface area contributed by atoms with E-state index in [1.54, 1.807) is 11.8 Å². The number of benzene rings is 2. The molecule has 2 amide bonds. The Morgan fingerprint density at radius 1 is 1.06 bits per heavy atom. The molecule has 0 spiro atoms. The van der Waals surface area contributed by atoms with Gasteiger partial charge in [-0.25, -0.2) is 4.79 Å². The molecule has 2 N–H and O–H groups in total. The van der Waals surface area contributed by atoms with Crippen molar-refractivity contribution in [3.8, 4) is 11.1 Å². The summed E-state index contributed by atoms with van der Waals surface area (Å²) < 4.78 is 5.55. The van der Waals surface area contributed by atoms with Gasteiger partial charge in [-0.15, -0.1) is 0 Å². The minimum Gasteiger partial charge on any atom is -0.481 e. The molecule has 0 aromatic heterocycles. The van der Waals surface area contributed by atoms with Gasteiger partial charge in [0.05, 0.1) is 11.8 Å². The third-order valence-corrected chi connectivity index (χ3v) is 7.43. The van der Waals surface area contributed by atoms with Crippen LogP contribution >= 0.6 is 0 Å². The number of ether oxygens (including phenoxy) is 1. The second-order valence-electron chi connectivity index (χ2n) is 9.33. The van der Waals surface area contributed by atoms with Crippen LogP contribution in [0.2, 0.25) is 0 Å². The third kappa shape index (κ3) is 3.75. The van der Waals surface area contributed by atoms with E-state index in [0.29, 0.717) is 6.42 Å². The van der Waals surface area contributed by atoms with Crippen molar-refractivity contribution in [2.45, 2.75) is 44.2 Å². The summed E-state index contributed by atoms with van der Waals surface area (Å²) in [6, 6.07) is 16.1. The summed E-state index contributed by atoms with van der Waals surface area (Å²) in [5.41, 5.74) is 4.63. The highest BCUT2D eigenvalue weighted by atomic mass is 16.5. The molecule has 1 aliphatic carbocycles. The summed E-state index contributed by atoms with van der Waals surface area (Å²) >= 11 is 0. The molecule has 7 nitrogen and oxygen atoms in total. The number of nitrogens with zero attached hydrogens (tertiary/aromatic N) is 1. The first-order valence-electron chi connectivity index (χ1n) is 11.6. The molecule has 2 aromatic carbocycles. The van der Waals surface area contributed by atoms with E-state index < -0.39 is 23.9 Å². The second kappa shape index (κ2) is 8.54. The maximum absolute atomic E-state index is 13.0. The lowest BCUT2D eigenvalue weighted by Crippen LogP contribution is -2.44. The maximum Gasteiger partial charge on any atom is 0.407 e. The average molecular weight is 449 g/mol. The highest BCUT2D eigenvalue weighted by Crippen LogP contribution is 2.45. The normalized spacial score (nSPS) is 23.7. The molecule has 2 aliphatic heterocycles. The van der Waals surface area contributed by atoms with E-state index in [1.807, 2.05) is 24.3 Å². The number of fused-ring (bicyclic) bond motifs is 5. The SMILES string of the molecule is CC(CNC(=O)OCC1c2ccccc2-c2ccccc21)C(=O)N1[C@@H]2CC[C@H]1[C@@H](C(=O)O)C2. The van der Waals surface area contributed by atoms with Crippen LogP contribution in [0.4, 0.5) is 4.79 Å². The van der Waals surface area contributed by atoms with E-state index in [1.165, 1.54) is 11.1 Å². The first kappa shape index (κ1) is 21.5. The topological polar surface area (TPSA) is 95.9 Å². The Kier molecular flexibility index (Phi) is 5.56. The molecule has 2 heterocycles. The molecule has 2 bridgehead atoms. The van der Waals surface area contributed by atoms with Crippen LogP contribution in [-0.2, 0) is 14.3 Å². The number of carboxylic acid groups (broad SMARTS) is 1. The highest BCUT2D eigenvalue weighted by molar-refractivity contribution is 5.83. The van der Waals surface area contributed by atoms with Crippen molar-refractivity contribution in [3.63, 3.8) is 0 Å². The fourth-order valence-electron chi connectivity index (χ4n) is 5.83. The average Bonchev–Trinajstić information content (AvgIpc) is 3.50. The largest absolute Gasteiger partial charge is 0.481 e. The van der Waals surface area contributed by atoms with Crippen molar-refractivity contribution in [2.24, 2.45) is 11.8 Å². The molecule has 7 heteroatoms. The van der Waals surface area contributed by atoms with Crippen molar-refractivity contribution >= 4 is 18.0 Å². The van der Waals surface area contributed by atoms with E-state index in [9.17, 15) is 19.5 Å². The molecule has 2 saturated heterocycles. The monoisotopic (exact) mass is 448 g/mol. The highest BCUT2D eigenvalue weighted by Gasteiger charge is 2.51. The van der Waals surface area contributed by atoms with Crippen molar-refractivity contribution in [1.29, 1.82) is 0 Å². The van der Waals surface area contributed by atoms with Crippen molar-refractivity contribution in [1.82, 2.24) is 10.2 Å². The fourth-order valence-corrected chi connectivity index (χ4v) is 5.83. The number of rotatable bonds is 6. The Bertz CT molecular complexity index is 1050. The Hall–Kier alpha value is -3.35. The van der Waals surface area contributed by atoms with Gasteiger partial charge in [0.15, 0.2) is 0 Å². The lowest BCUT2D eigenvalue weighted by atomic mass is 9.89. The van der Waals surface area contributed by atoms with Gasteiger partial charge in [-0.05, 0) is 41.5 Å². The van der Waals surface area contributed by atoms with Crippen molar-refractivity contribution in [3.05, 3.63) is 59.7 Å². The van der Waals surface area contributed by atoms with Crippen LogP contribution in [-0.4, -0.2) is 53.2 Å². The van der Waals surface area contributed by atoms with Crippen molar-refractivity contribution in [2.75, 3.05) is 13.2 Å². The zero-order chi connectivity index (χ0) is 23.1. The molecule has 2 aromatic rings. The Balaban J connectivity index is 1.16. The van der Waals surface area contributed by atoms with E-state index in [0.717, 1.165) is 24.0 Å². The van der Waals surface area contributed by atoms with Gasteiger partial charge < -0.3 is 20.1 Å². The van der Waals surface area contributed by atoms with E-state index >= 15 is 0 Å². The molecule has 172 valence electrons. The molecule has 0 radical (unpaired) electrons. The molecular formula is C26H28N2O5. The van der Waals surface area contributed by atoms with Gasteiger partial charge >= 0.3 is 12.1 Å². The minimum atomic E-state index is -0.829. The standard InChI is InChI=1S/C26H28N2O5/c1-15(24(29)28-16-10-11-23(28)21(12-16)25(30)31)13-27-26(32)33-14-22-19-8-4-2-6-17(19)18-7-3-5-9-20(18)22/h2-9,15-16,21-23H,10-14H2,1H3,(H,27,32)(H,30,31)/t15?,16-,21+,23+/m1/s1. The fraction of sp³-hybridized carbons (Fsp3) is 0.423. The van der Waals surface area contributed by atoms with E-state index in [2.05, 4.69) is 29.6 Å². The lowest BCUT2D eigenvalue weighted by Gasteiger charge is -2.26. The van der Waals surface area contributed by atoms with Gasteiger partial charge in [0, 0.05) is 24.5 Å². The number of carbonyl (C=O) groups excluding carboxylic acids is 2. The Morgan fingerprint density at radius 2 is 1.70 bits per heavy atom. The summed E-state index contributed by atoms with van der Waals surface area (Å²) in [4.78, 5) is 38.6.